The molecule has 0 atom stereocenters. The third-order valence-corrected chi connectivity index (χ3v) is 5.36. The topological polar surface area (TPSA) is 101 Å². The van der Waals surface area contributed by atoms with Gasteiger partial charge in [-0.3, -0.25) is 14.5 Å². The average Bonchev–Trinajstić information content (AvgIpc) is 3.13. The van der Waals surface area contributed by atoms with E-state index in [9.17, 15) is 9.59 Å². The van der Waals surface area contributed by atoms with Crippen molar-refractivity contribution in [3.05, 3.63) is 11.8 Å². The lowest BCUT2D eigenvalue weighted by atomic mass is 10.4. The number of anilines is 2. The molecule has 2 heterocycles. The van der Waals surface area contributed by atoms with E-state index < -0.39 is 0 Å². The van der Waals surface area contributed by atoms with Crippen LogP contribution in [0.2, 0.25) is 0 Å². The SMILES string of the molecule is CCC(=O)N(c1nnc(SCC(=O)Nc2cc(C)on2)s1)C1CC1. The first-order valence-corrected chi connectivity index (χ1v) is 9.38. The van der Waals surface area contributed by atoms with Crippen molar-refractivity contribution in [1.29, 1.82) is 0 Å². The van der Waals surface area contributed by atoms with Crippen LogP contribution in [0, 0.1) is 6.92 Å². The fourth-order valence-corrected chi connectivity index (χ4v) is 3.79. The first kappa shape index (κ1) is 16.9. The van der Waals surface area contributed by atoms with E-state index in [4.69, 9.17) is 4.52 Å². The number of hydrogen-bond acceptors (Lipinski definition) is 8. The lowest BCUT2D eigenvalue weighted by Gasteiger charge is -2.17. The molecule has 0 radical (unpaired) electrons. The second kappa shape index (κ2) is 7.31. The summed E-state index contributed by atoms with van der Waals surface area (Å²) >= 11 is 2.62. The molecule has 1 N–H and O–H groups in total. The number of thioether (sulfide) groups is 1. The molecule has 1 aliphatic rings. The summed E-state index contributed by atoms with van der Waals surface area (Å²) in [7, 11) is 0. The van der Waals surface area contributed by atoms with Crippen LogP contribution in [0.25, 0.3) is 0 Å². The van der Waals surface area contributed by atoms with Crippen LogP contribution in [0.4, 0.5) is 10.9 Å². The molecule has 10 heteroatoms. The summed E-state index contributed by atoms with van der Waals surface area (Å²) in [6.07, 6.45) is 2.46. The van der Waals surface area contributed by atoms with E-state index >= 15 is 0 Å². The monoisotopic (exact) mass is 367 g/mol. The molecular formula is C14H17N5O3S2. The van der Waals surface area contributed by atoms with Crippen LogP contribution < -0.4 is 10.2 Å². The fraction of sp³-hybridized carbons (Fsp3) is 0.500. The lowest BCUT2D eigenvalue weighted by molar-refractivity contribution is -0.118. The van der Waals surface area contributed by atoms with Gasteiger partial charge in [0.2, 0.25) is 16.9 Å². The molecule has 0 aliphatic heterocycles. The fourth-order valence-electron chi connectivity index (χ4n) is 2.06. The summed E-state index contributed by atoms with van der Waals surface area (Å²) in [5, 5.41) is 15.1. The highest BCUT2D eigenvalue weighted by molar-refractivity contribution is 8.01. The van der Waals surface area contributed by atoms with Gasteiger partial charge in [-0.1, -0.05) is 35.2 Å². The Morgan fingerprint density at radius 1 is 1.46 bits per heavy atom. The molecule has 0 spiro atoms. The van der Waals surface area contributed by atoms with E-state index in [1.165, 1.54) is 23.1 Å². The van der Waals surface area contributed by atoms with E-state index in [2.05, 4.69) is 20.7 Å². The van der Waals surface area contributed by atoms with Crippen molar-refractivity contribution < 1.29 is 14.1 Å². The van der Waals surface area contributed by atoms with Gasteiger partial charge in [-0.25, -0.2) is 0 Å². The molecular weight excluding hydrogens is 350 g/mol. The van der Waals surface area contributed by atoms with Crippen molar-refractivity contribution in [2.75, 3.05) is 16.0 Å². The van der Waals surface area contributed by atoms with Crippen molar-refractivity contribution >= 4 is 45.9 Å². The maximum absolute atomic E-state index is 12.1. The van der Waals surface area contributed by atoms with Gasteiger partial charge in [0.1, 0.15) is 5.76 Å². The Labute approximate surface area is 147 Å². The standard InChI is InChI=1S/C14H17N5O3S2/c1-3-12(21)19(9-4-5-9)13-16-17-14(24-13)23-7-11(20)15-10-6-8(2)22-18-10/h6,9H,3-5,7H2,1-2H3,(H,15,18,20). The molecule has 1 fully saturated rings. The third kappa shape index (κ3) is 4.12. The Morgan fingerprint density at radius 2 is 2.25 bits per heavy atom. The predicted octanol–water partition coefficient (Wildman–Crippen LogP) is 2.47. The smallest absolute Gasteiger partial charge is 0.236 e. The Hall–Kier alpha value is -1.94. The molecule has 1 saturated carbocycles. The first-order valence-electron chi connectivity index (χ1n) is 7.58. The van der Waals surface area contributed by atoms with Crippen molar-refractivity contribution in [2.24, 2.45) is 0 Å². The van der Waals surface area contributed by atoms with Crippen LogP contribution in [0.1, 0.15) is 31.9 Å². The molecule has 2 aromatic heterocycles. The third-order valence-electron chi connectivity index (χ3n) is 3.31. The van der Waals surface area contributed by atoms with Crippen LogP contribution in [-0.2, 0) is 9.59 Å². The summed E-state index contributed by atoms with van der Waals surface area (Å²) < 4.78 is 5.55. The lowest BCUT2D eigenvalue weighted by Crippen LogP contribution is -2.32. The second-order valence-corrected chi connectivity index (χ2v) is 7.54. The minimum Gasteiger partial charge on any atom is -0.360 e. The number of nitrogens with one attached hydrogen (secondary N) is 1. The number of carbonyl (C=O) groups excluding carboxylic acids is 2. The maximum Gasteiger partial charge on any atom is 0.236 e. The van der Waals surface area contributed by atoms with Crippen molar-refractivity contribution in [2.45, 2.75) is 43.5 Å². The Morgan fingerprint density at radius 3 is 2.88 bits per heavy atom. The summed E-state index contributed by atoms with van der Waals surface area (Å²) in [4.78, 5) is 25.7. The Kier molecular flexibility index (Phi) is 5.14. The zero-order chi connectivity index (χ0) is 17.1. The van der Waals surface area contributed by atoms with Gasteiger partial charge >= 0.3 is 0 Å². The van der Waals surface area contributed by atoms with Gasteiger partial charge in [0, 0.05) is 18.5 Å². The molecule has 0 bridgehead atoms. The quantitative estimate of drug-likeness (QED) is 0.592. The van der Waals surface area contributed by atoms with Gasteiger partial charge in [0.15, 0.2) is 10.2 Å². The van der Waals surface area contributed by atoms with E-state index in [0.29, 0.717) is 27.5 Å². The highest BCUT2D eigenvalue weighted by Gasteiger charge is 2.35. The van der Waals surface area contributed by atoms with Gasteiger partial charge in [0.25, 0.3) is 0 Å². The molecule has 0 aromatic carbocycles. The van der Waals surface area contributed by atoms with Gasteiger partial charge in [0.05, 0.1) is 5.75 Å². The number of aryl methyl sites for hydroxylation is 1. The summed E-state index contributed by atoms with van der Waals surface area (Å²) in [6.45, 7) is 3.59. The zero-order valence-electron chi connectivity index (χ0n) is 13.3. The molecule has 0 saturated heterocycles. The largest absolute Gasteiger partial charge is 0.360 e. The molecule has 2 aromatic rings. The van der Waals surface area contributed by atoms with Crippen molar-refractivity contribution in [1.82, 2.24) is 15.4 Å². The molecule has 3 rings (SSSR count). The van der Waals surface area contributed by atoms with E-state index in [-0.39, 0.29) is 23.6 Å². The molecule has 0 unspecified atom stereocenters. The number of carbonyl (C=O) groups is 2. The van der Waals surface area contributed by atoms with Crippen molar-refractivity contribution in [3.8, 4) is 0 Å². The van der Waals surface area contributed by atoms with Gasteiger partial charge in [-0.05, 0) is 19.8 Å². The van der Waals surface area contributed by atoms with Gasteiger partial charge in [-0.2, -0.15) is 0 Å². The first-order chi connectivity index (χ1) is 11.6. The van der Waals surface area contributed by atoms with Gasteiger partial charge in [-0.15, -0.1) is 10.2 Å². The van der Waals surface area contributed by atoms with Gasteiger partial charge < -0.3 is 9.84 Å². The minimum atomic E-state index is -0.200. The normalized spacial score (nSPS) is 13.8. The summed E-state index contributed by atoms with van der Waals surface area (Å²) in [6, 6.07) is 1.90. The molecule has 8 nitrogen and oxygen atoms in total. The Balaban J connectivity index is 1.55. The zero-order valence-corrected chi connectivity index (χ0v) is 14.9. The molecule has 24 heavy (non-hydrogen) atoms. The van der Waals surface area contributed by atoms with E-state index in [0.717, 1.165) is 12.8 Å². The van der Waals surface area contributed by atoms with Crippen LogP contribution in [0.15, 0.2) is 14.9 Å². The van der Waals surface area contributed by atoms with Crippen LogP contribution in [-0.4, -0.2) is 39.0 Å². The maximum atomic E-state index is 12.1. The van der Waals surface area contributed by atoms with Crippen LogP contribution >= 0.6 is 23.1 Å². The predicted molar refractivity (Wildman–Crippen MR) is 91.3 cm³/mol. The molecule has 2 amide bonds. The summed E-state index contributed by atoms with van der Waals surface area (Å²) in [5.74, 6) is 1.07. The Bertz CT molecular complexity index is 740. The average molecular weight is 367 g/mol. The van der Waals surface area contributed by atoms with E-state index in [1.807, 2.05) is 6.92 Å². The highest BCUT2D eigenvalue weighted by Crippen LogP contribution is 2.36. The number of aromatic nitrogens is 3. The highest BCUT2D eigenvalue weighted by atomic mass is 32.2. The summed E-state index contributed by atoms with van der Waals surface area (Å²) in [5.41, 5.74) is 0. The minimum absolute atomic E-state index is 0.0596. The molecule has 128 valence electrons. The number of hydrogen-bond donors (Lipinski definition) is 1. The second-order valence-electron chi connectivity index (χ2n) is 5.36. The molecule has 1 aliphatic carbocycles. The van der Waals surface area contributed by atoms with Crippen LogP contribution in [0.3, 0.4) is 0 Å². The van der Waals surface area contributed by atoms with Crippen molar-refractivity contribution in [3.63, 3.8) is 0 Å². The van der Waals surface area contributed by atoms with E-state index in [1.54, 1.807) is 17.9 Å². The number of nitrogens with zero attached hydrogens (tertiary/aromatic N) is 4. The van der Waals surface area contributed by atoms with Crippen LogP contribution in [0.5, 0.6) is 0 Å². The number of amides is 2. The number of rotatable bonds is 7.